The fourth-order valence-electron chi connectivity index (χ4n) is 3.13. The molecular formula is C18H25N5O2. The normalized spacial score (nSPS) is 17.0. The van der Waals surface area contributed by atoms with Gasteiger partial charge in [-0.2, -0.15) is 0 Å². The molecule has 25 heavy (non-hydrogen) atoms. The van der Waals surface area contributed by atoms with Crippen LogP contribution in [0.15, 0.2) is 30.7 Å². The Morgan fingerprint density at radius 3 is 2.88 bits per heavy atom. The van der Waals surface area contributed by atoms with Gasteiger partial charge < -0.3 is 19.1 Å². The Hall–Kier alpha value is -2.25. The molecule has 0 N–H and O–H groups in total. The number of likely N-dealkylation sites (N-methyl/N-ethyl adjacent to an activating group) is 1. The van der Waals surface area contributed by atoms with Crippen LogP contribution >= 0.6 is 0 Å². The highest BCUT2D eigenvalue weighted by molar-refractivity contribution is 5.78. The van der Waals surface area contributed by atoms with Crippen molar-refractivity contribution in [2.75, 3.05) is 27.2 Å². The van der Waals surface area contributed by atoms with E-state index in [1.54, 1.807) is 6.20 Å². The summed E-state index contributed by atoms with van der Waals surface area (Å²) in [7, 11) is 3.82. The van der Waals surface area contributed by atoms with Gasteiger partial charge in [0.15, 0.2) is 0 Å². The van der Waals surface area contributed by atoms with Gasteiger partial charge in [0.2, 0.25) is 5.91 Å². The van der Waals surface area contributed by atoms with E-state index in [0.29, 0.717) is 26.3 Å². The summed E-state index contributed by atoms with van der Waals surface area (Å²) in [4.78, 5) is 24.8. The molecule has 0 radical (unpaired) electrons. The van der Waals surface area contributed by atoms with Gasteiger partial charge in [-0.05, 0) is 32.6 Å². The van der Waals surface area contributed by atoms with Crippen LogP contribution in [0, 0.1) is 0 Å². The molecule has 1 aliphatic rings. The minimum Gasteiger partial charge on any atom is -0.370 e. The predicted octanol–water partition coefficient (Wildman–Crippen LogP) is 1.46. The average Bonchev–Trinajstić information content (AvgIpc) is 2.99. The molecule has 1 amide bonds. The molecule has 0 bridgehead atoms. The smallest absolute Gasteiger partial charge is 0.237 e. The van der Waals surface area contributed by atoms with Crippen LogP contribution in [0.3, 0.4) is 0 Å². The Labute approximate surface area is 148 Å². The predicted molar refractivity (Wildman–Crippen MR) is 93.6 cm³/mol. The maximum absolute atomic E-state index is 12.4. The molecule has 1 unspecified atom stereocenters. The van der Waals surface area contributed by atoms with Crippen LogP contribution < -0.4 is 0 Å². The molecule has 0 fully saturated rings. The molecule has 0 spiro atoms. The summed E-state index contributed by atoms with van der Waals surface area (Å²) in [5.74, 6) is 1.07. The first kappa shape index (κ1) is 17.6. The highest BCUT2D eigenvalue weighted by Gasteiger charge is 2.30. The number of hydrogen-bond donors (Lipinski definition) is 0. The standard InChI is InChI=1S/C18H25N5O2/c1-14-18-20-10-16(13-25-12-15-5-4-6-19-9-15)23(18)8-7-22(14)17(24)11-21(2)3/h4-6,9-10,14H,7-8,11-13H2,1-3H3. The summed E-state index contributed by atoms with van der Waals surface area (Å²) in [5, 5.41) is 0. The number of nitrogens with zero attached hydrogens (tertiary/aromatic N) is 5. The SMILES string of the molecule is CC1c2ncc(COCc3cccnc3)n2CCN1C(=O)CN(C)C. The van der Waals surface area contributed by atoms with Crippen molar-refractivity contribution in [3.63, 3.8) is 0 Å². The Bertz CT molecular complexity index is 714. The maximum atomic E-state index is 12.4. The van der Waals surface area contributed by atoms with Crippen molar-refractivity contribution in [2.24, 2.45) is 0 Å². The van der Waals surface area contributed by atoms with Gasteiger partial charge in [-0.3, -0.25) is 9.78 Å². The summed E-state index contributed by atoms with van der Waals surface area (Å²) < 4.78 is 7.98. The van der Waals surface area contributed by atoms with E-state index < -0.39 is 0 Å². The van der Waals surface area contributed by atoms with Crippen LogP contribution in [0.25, 0.3) is 0 Å². The van der Waals surface area contributed by atoms with Crippen LogP contribution in [-0.2, 0) is 29.3 Å². The zero-order valence-electron chi connectivity index (χ0n) is 15.1. The Morgan fingerprint density at radius 1 is 1.32 bits per heavy atom. The first-order chi connectivity index (χ1) is 12.1. The van der Waals surface area contributed by atoms with Gasteiger partial charge in [0.25, 0.3) is 0 Å². The molecule has 0 saturated carbocycles. The first-order valence-electron chi connectivity index (χ1n) is 8.51. The fraction of sp³-hybridized carbons (Fsp3) is 0.500. The number of carbonyl (C=O) groups is 1. The van der Waals surface area contributed by atoms with E-state index in [4.69, 9.17) is 4.74 Å². The average molecular weight is 343 g/mol. The minimum atomic E-state index is -0.0201. The third-order valence-corrected chi connectivity index (χ3v) is 4.39. The van der Waals surface area contributed by atoms with Crippen LogP contribution in [0.1, 0.15) is 30.0 Å². The van der Waals surface area contributed by atoms with Crippen LogP contribution in [0.4, 0.5) is 0 Å². The molecule has 0 aliphatic carbocycles. The molecule has 7 nitrogen and oxygen atoms in total. The number of aromatic nitrogens is 3. The Kier molecular flexibility index (Phi) is 5.45. The lowest BCUT2D eigenvalue weighted by atomic mass is 10.2. The van der Waals surface area contributed by atoms with Crippen LogP contribution in [-0.4, -0.2) is 57.4 Å². The largest absolute Gasteiger partial charge is 0.370 e. The molecule has 3 heterocycles. The maximum Gasteiger partial charge on any atom is 0.237 e. The van der Waals surface area contributed by atoms with E-state index in [1.807, 2.05) is 55.3 Å². The highest BCUT2D eigenvalue weighted by atomic mass is 16.5. The Balaban J connectivity index is 1.62. The highest BCUT2D eigenvalue weighted by Crippen LogP contribution is 2.25. The molecule has 0 saturated heterocycles. The number of pyridine rings is 1. The summed E-state index contributed by atoms with van der Waals surface area (Å²) in [6.45, 7) is 4.94. The molecule has 0 aromatic carbocycles. The molecule has 1 aliphatic heterocycles. The Morgan fingerprint density at radius 2 is 2.16 bits per heavy atom. The lowest BCUT2D eigenvalue weighted by molar-refractivity contribution is -0.135. The third-order valence-electron chi connectivity index (χ3n) is 4.39. The zero-order valence-corrected chi connectivity index (χ0v) is 15.1. The van der Waals surface area contributed by atoms with Crippen molar-refractivity contribution < 1.29 is 9.53 Å². The molecule has 1 atom stereocenters. The third kappa shape index (κ3) is 4.05. The summed E-state index contributed by atoms with van der Waals surface area (Å²) in [5.41, 5.74) is 2.10. The molecule has 134 valence electrons. The molecule has 2 aromatic rings. The first-order valence-corrected chi connectivity index (χ1v) is 8.51. The number of imidazole rings is 1. The molecule has 7 heteroatoms. The number of fused-ring (bicyclic) bond motifs is 1. The minimum absolute atomic E-state index is 0.0201. The fourth-order valence-corrected chi connectivity index (χ4v) is 3.13. The summed E-state index contributed by atoms with van der Waals surface area (Å²) in [6.07, 6.45) is 5.42. The van der Waals surface area contributed by atoms with Gasteiger partial charge in [0.1, 0.15) is 5.82 Å². The number of amides is 1. The second kappa shape index (κ2) is 7.76. The number of hydrogen-bond acceptors (Lipinski definition) is 5. The van der Waals surface area contributed by atoms with Gasteiger partial charge in [0, 0.05) is 25.5 Å². The summed E-state index contributed by atoms with van der Waals surface area (Å²) in [6, 6.07) is 3.88. The summed E-state index contributed by atoms with van der Waals surface area (Å²) >= 11 is 0. The molecular weight excluding hydrogens is 318 g/mol. The second-order valence-electron chi connectivity index (χ2n) is 6.61. The number of ether oxygens (including phenoxy) is 1. The lowest BCUT2D eigenvalue weighted by Gasteiger charge is -2.35. The van der Waals surface area contributed by atoms with Gasteiger partial charge in [-0.1, -0.05) is 6.07 Å². The zero-order chi connectivity index (χ0) is 17.8. The topological polar surface area (TPSA) is 63.5 Å². The van der Waals surface area contributed by atoms with Crippen molar-refractivity contribution in [1.82, 2.24) is 24.3 Å². The number of rotatable bonds is 6. The van der Waals surface area contributed by atoms with Gasteiger partial charge in [-0.15, -0.1) is 0 Å². The monoisotopic (exact) mass is 343 g/mol. The van der Waals surface area contributed by atoms with Gasteiger partial charge in [0.05, 0.1) is 37.7 Å². The molecule has 2 aromatic heterocycles. The van der Waals surface area contributed by atoms with Crippen molar-refractivity contribution in [3.8, 4) is 0 Å². The van der Waals surface area contributed by atoms with E-state index >= 15 is 0 Å². The van der Waals surface area contributed by atoms with Crippen molar-refractivity contribution >= 4 is 5.91 Å². The van der Waals surface area contributed by atoms with Crippen LogP contribution in [0.5, 0.6) is 0 Å². The van der Waals surface area contributed by atoms with Crippen molar-refractivity contribution in [2.45, 2.75) is 32.7 Å². The number of carbonyl (C=O) groups excluding carboxylic acids is 1. The van der Waals surface area contributed by atoms with E-state index in [1.165, 1.54) is 0 Å². The van der Waals surface area contributed by atoms with Crippen LogP contribution in [0.2, 0.25) is 0 Å². The van der Waals surface area contributed by atoms with Crippen molar-refractivity contribution in [3.05, 3.63) is 47.8 Å². The van der Waals surface area contributed by atoms with E-state index in [9.17, 15) is 4.79 Å². The van der Waals surface area contributed by atoms with E-state index in [0.717, 1.165) is 23.6 Å². The van der Waals surface area contributed by atoms with Crippen molar-refractivity contribution in [1.29, 1.82) is 0 Å². The van der Waals surface area contributed by atoms with E-state index in [2.05, 4.69) is 14.5 Å². The lowest BCUT2D eigenvalue weighted by Crippen LogP contribution is -2.45. The second-order valence-corrected chi connectivity index (χ2v) is 6.61. The van der Waals surface area contributed by atoms with Gasteiger partial charge >= 0.3 is 0 Å². The quantitative estimate of drug-likeness (QED) is 0.795. The molecule has 3 rings (SSSR count). The van der Waals surface area contributed by atoms with Gasteiger partial charge in [-0.25, -0.2) is 4.98 Å². The van der Waals surface area contributed by atoms with E-state index in [-0.39, 0.29) is 11.9 Å².